The highest BCUT2D eigenvalue weighted by molar-refractivity contribution is 5.76. The molecule has 0 aliphatic carbocycles. The quantitative estimate of drug-likeness (QED) is 0.924. The van der Waals surface area contributed by atoms with Gasteiger partial charge in [-0.25, -0.2) is 0 Å². The largest absolute Gasteiger partial charge is 0.493 e. The van der Waals surface area contributed by atoms with Crippen molar-refractivity contribution in [1.29, 1.82) is 0 Å². The highest BCUT2D eigenvalue weighted by Gasteiger charge is 2.16. The van der Waals surface area contributed by atoms with E-state index < -0.39 is 0 Å². The molecule has 1 aromatic carbocycles. The molecule has 4 heteroatoms. The van der Waals surface area contributed by atoms with Gasteiger partial charge in [0.05, 0.1) is 13.0 Å². The van der Waals surface area contributed by atoms with E-state index in [-0.39, 0.29) is 11.3 Å². The molecular weight excluding hydrogens is 264 g/mol. The topological polar surface area (TPSA) is 41.6 Å². The first-order chi connectivity index (χ1) is 9.97. The number of nitrogens with one attached hydrogen (secondary N) is 1. The van der Waals surface area contributed by atoms with Crippen LogP contribution in [0.4, 0.5) is 0 Å². The van der Waals surface area contributed by atoms with E-state index >= 15 is 0 Å². The van der Waals surface area contributed by atoms with E-state index in [1.54, 1.807) is 0 Å². The smallest absolute Gasteiger partial charge is 0.226 e. The molecule has 1 aromatic rings. The van der Waals surface area contributed by atoms with Gasteiger partial charge in [-0.2, -0.15) is 0 Å². The molecule has 0 atom stereocenters. The molecule has 1 aliphatic rings. The van der Waals surface area contributed by atoms with Crippen LogP contribution in [-0.2, 0) is 10.2 Å². The third kappa shape index (κ3) is 4.74. The number of carbonyl (C=O) groups is 1. The Kier molecular flexibility index (Phi) is 5.23. The van der Waals surface area contributed by atoms with Crippen LogP contribution in [0.5, 0.6) is 5.75 Å². The molecule has 1 saturated heterocycles. The Morgan fingerprint density at radius 1 is 1.29 bits per heavy atom. The third-order valence-electron chi connectivity index (χ3n) is 3.75. The zero-order chi connectivity index (χ0) is 15.3. The molecule has 0 saturated carbocycles. The van der Waals surface area contributed by atoms with Gasteiger partial charge in [-0.15, -0.1) is 0 Å². The normalized spacial score (nSPS) is 15.9. The minimum atomic E-state index is 0.107. The van der Waals surface area contributed by atoms with Gasteiger partial charge in [0.2, 0.25) is 5.91 Å². The van der Waals surface area contributed by atoms with Crippen molar-refractivity contribution in [2.75, 3.05) is 32.8 Å². The summed E-state index contributed by atoms with van der Waals surface area (Å²) in [7, 11) is 0. The van der Waals surface area contributed by atoms with E-state index in [0.717, 1.165) is 31.9 Å². The average molecular weight is 290 g/mol. The van der Waals surface area contributed by atoms with Crippen molar-refractivity contribution in [2.24, 2.45) is 0 Å². The summed E-state index contributed by atoms with van der Waals surface area (Å²) < 4.78 is 5.74. The predicted molar refractivity (Wildman–Crippen MR) is 84.7 cm³/mol. The number of hydrogen-bond acceptors (Lipinski definition) is 3. The number of benzene rings is 1. The van der Waals surface area contributed by atoms with Gasteiger partial charge in [-0.05, 0) is 23.1 Å². The second-order valence-electron chi connectivity index (χ2n) is 6.51. The summed E-state index contributed by atoms with van der Waals surface area (Å²) in [5.74, 6) is 1.03. The van der Waals surface area contributed by atoms with E-state index in [4.69, 9.17) is 4.74 Å². The first kappa shape index (κ1) is 15.8. The molecule has 0 spiro atoms. The minimum absolute atomic E-state index is 0.107. The Morgan fingerprint density at radius 2 is 2.00 bits per heavy atom. The number of rotatable bonds is 4. The highest BCUT2D eigenvalue weighted by Crippen LogP contribution is 2.25. The molecule has 1 N–H and O–H groups in total. The number of piperazine rings is 1. The van der Waals surface area contributed by atoms with Crippen LogP contribution < -0.4 is 10.1 Å². The van der Waals surface area contributed by atoms with E-state index in [9.17, 15) is 4.79 Å². The Bertz CT molecular complexity index is 474. The molecule has 4 nitrogen and oxygen atoms in total. The Morgan fingerprint density at radius 3 is 2.67 bits per heavy atom. The third-order valence-corrected chi connectivity index (χ3v) is 3.75. The average Bonchev–Trinajstić information content (AvgIpc) is 2.47. The van der Waals surface area contributed by atoms with Crippen LogP contribution in [-0.4, -0.2) is 43.6 Å². The van der Waals surface area contributed by atoms with E-state index in [0.29, 0.717) is 13.0 Å². The maximum Gasteiger partial charge on any atom is 0.226 e. The van der Waals surface area contributed by atoms with Crippen molar-refractivity contribution in [3.05, 3.63) is 29.8 Å². The molecule has 0 aromatic heterocycles. The molecule has 1 amide bonds. The van der Waals surface area contributed by atoms with Crippen LogP contribution in [0.3, 0.4) is 0 Å². The van der Waals surface area contributed by atoms with Crippen LogP contribution in [0.1, 0.15) is 32.8 Å². The summed E-state index contributed by atoms with van der Waals surface area (Å²) in [6.07, 6.45) is 0.444. The second kappa shape index (κ2) is 6.94. The van der Waals surface area contributed by atoms with Gasteiger partial charge in [0.1, 0.15) is 5.75 Å². The number of ether oxygens (including phenoxy) is 1. The lowest BCUT2D eigenvalue weighted by Gasteiger charge is -2.27. The summed E-state index contributed by atoms with van der Waals surface area (Å²) >= 11 is 0. The Hall–Kier alpha value is -1.55. The molecule has 21 heavy (non-hydrogen) atoms. The minimum Gasteiger partial charge on any atom is -0.493 e. The predicted octanol–water partition coefficient (Wildman–Crippen LogP) is 2.18. The zero-order valence-electron chi connectivity index (χ0n) is 13.3. The van der Waals surface area contributed by atoms with Gasteiger partial charge in [-0.3, -0.25) is 4.79 Å². The molecule has 116 valence electrons. The molecule has 1 fully saturated rings. The van der Waals surface area contributed by atoms with Crippen LogP contribution in [0.2, 0.25) is 0 Å². The lowest BCUT2D eigenvalue weighted by molar-refractivity contribution is -0.132. The van der Waals surface area contributed by atoms with Gasteiger partial charge in [0.25, 0.3) is 0 Å². The highest BCUT2D eigenvalue weighted by atomic mass is 16.5. The summed E-state index contributed by atoms with van der Waals surface area (Å²) in [5, 5.41) is 3.25. The summed E-state index contributed by atoms with van der Waals surface area (Å²) in [6.45, 7) is 10.4. The fraction of sp³-hybridized carbons (Fsp3) is 0.588. The van der Waals surface area contributed by atoms with E-state index in [2.05, 4.69) is 38.2 Å². The first-order valence-corrected chi connectivity index (χ1v) is 7.69. The van der Waals surface area contributed by atoms with Crippen LogP contribution >= 0.6 is 0 Å². The van der Waals surface area contributed by atoms with E-state index in [1.165, 1.54) is 5.56 Å². The number of nitrogens with zero attached hydrogens (tertiary/aromatic N) is 1. The molecule has 1 heterocycles. The monoisotopic (exact) mass is 290 g/mol. The van der Waals surface area contributed by atoms with Gasteiger partial charge < -0.3 is 15.0 Å². The Labute approximate surface area is 127 Å². The van der Waals surface area contributed by atoms with Crippen molar-refractivity contribution in [2.45, 2.75) is 32.6 Å². The van der Waals surface area contributed by atoms with Crippen LogP contribution in [0.15, 0.2) is 24.3 Å². The molecule has 0 radical (unpaired) electrons. The van der Waals surface area contributed by atoms with Gasteiger partial charge in [0.15, 0.2) is 0 Å². The van der Waals surface area contributed by atoms with Crippen molar-refractivity contribution in [3.63, 3.8) is 0 Å². The lowest BCUT2D eigenvalue weighted by atomic mass is 9.87. The maximum atomic E-state index is 12.0. The summed E-state index contributed by atoms with van der Waals surface area (Å²) in [5.41, 5.74) is 1.35. The molecule has 0 unspecified atom stereocenters. The van der Waals surface area contributed by atoms with Gasteiger partial charge in [0, 0.05) is 26.2 Å². The van der Waals surface area contributed by atoms with Crippen molar-refractivity contribution in [3.8, 4) is 5.75 Å². The fourth-order valence-corrected chi connectivity index (χ4v) is 2.38. The van der Waals surface area contributed by atoms with Crippen LogP contribution in [0, 0.1) is 0 Å². The van der Waals surface area contributed by atoms with Crippen LogP contribution in [0.25, 0.3) is 0 Å². The van der Waals surface area contributed by atoms with Crippen molar-refractivity contribution in [1.82, 2.24) is 10.2 Å². The fourth-order valence-electron chi connectivity index (χ4n) is 2.38. The molecule has 1 aliphatic heterocycles. The van der Waals surface area contributed by atoms with E-state index in [1.807, 2.05) is 17.0 Å². The Balaban J connectivity index is 1.82. The molecule has 2 rings (SSSR count). The van der Waals surface area contributed by atoms with Gasteiger partial charge >= 0.3 is 0 Å². The number of amides is 1. The zero-order valence-corrected chi connectivity index (χ0v) is 13.3. The maximum absolute atomic E-state index is 12.0. The SMILES string of the molecule is CC(C)(C)c1cccc(OCCC(=O)N2CCNCC2)c1. The van der Waals surface area contributed by atoms with Gasteiger partial charge in [-0.1, -0.05) is 32.9 Å². The van der Waals surface area contributed by atoms with Crippen molar-refractivity contribution < 1.29 is 9.53 Å². The second-order valence-corrected chi connectivity index (χ2v) is 6.51. The number of hydrogen-bond donors (Lipinski definition) is 1. The van der Waals surface area contributed by atoms with Crippen molar-refractivity contribution >= 4 is 5.91 Å². The first-order valence-electron chi connectivity index (χ1n) is 7.69. The standard InChI is InChI=1S/C17H26N2O2/c1-17(2,3)14-5-4-6-15(13-14)21-12-7-16(20)19-10-8-18-9-11-19/h4-6,13,18H,7-12H2,1-3H3. The number of carbonyl (C=O) groups excluding carboxylic acids is 1. The summed E-state index contributed by atoms with van der Waals surface area (Å²) in [4.78, 5) is 13.9. The molecule has 0 bridgehead atoms. The molecular formula is C17H26N2O2. The lowest BCUT2D eigenvalue weighted by Crippen LogP contribution is -2.46. The summed E-state index contributed by atoms with van der Waals surface area (Å²) in [6, 6.07) is 8.13.